The van der Waals surface area contributed by atoms with Crippen LogP contribution in [0.25, 0.3) is 0 Å². The Morgan fingerprint density at radius 3 is 2.57 bits per heavy atom. The zero-order valence-corrected chi connectivity index (χ0v) is 21.3. The number of halogens is 1. The fraction of sp³-hybridized carbons (Fsp3) is 0.500. The largest absolute Gasteiger partial charge is 0.462 e. The number of hydrogen-bond acceptors (Lipinski definition) is 10. The maximum atomic E-state index is 14.0. The number of carbonyl (C=O) groups is 1. The highest BCUT2D eigenvalue weighted by Crippen LogP contribution is 2.46. The number of ether oxygens (including phenoxy) is 2. The number of hydrogen-bond donors (Lipinski definition) is 4. The van der Waals surface area contributed by atoms with E-state index in [1.54, 1.807) is 32.0 Å². The average molecular weight is 544 g/mol. The van der Waals surface area contributed by atoms with Gasteiger partial charge in [0.2, 0.25) is 0 Å². The lowest BCUT2D eigenvalue weighted by molar-refractivity contribution is -0.149. The zero-order valence-electron chi connectivity index (χ0n) is 20.4. The molecule has 37 heavy (non-hydrogen) atoms. The molecule has 1 aromatic carbocycles. The first-order chi connectivity index (χ1) is 17.4. The van der Waals surface area contributed by atoms with Gasteiger partial charge in [-0.3, -0.25) is 23.7 Å². The van der Waals surface area contributed by atoms with Crippen LogP contribution in [-0.2, 0) is 23.4 Å². The van der Waals surface area contributed by atoms with Crippen molar-refractivity contribution in [3.8, 4) is 5.75 Å². The molecule has 0 spiro atoms. The van der Waals surface area contributed by atoms with E-state index in [9.17, 15) is 28.4 Å². The predicted molar refractivity (Wildman–Crippen MR) is 129 cm³/mol. The fourth-order valence-corrected chi connectivity index (χ4v) is 5.08. The van der Waals surface area contributed by atoms with Gasteiger partial charge in [-0.15, -0.1) is 0 Å². The van der Waals surface area contributed by atoms with Gasteiger partial charge in [-0.1, -0.05) is 18.2 Å². The molecule has 3 rings (SSSR count). The molecule has 0 amide bonds. The number of H-pyrrole nitrogens is 1. The molecule has 15 heteroatoms. The molecule has 2 unspecified atom stereocenters. The number of aromatic nitrogens is 2. The Morgan fingerprint density at radius 1 is 1.30 bits per heavy atom. The van der Waals surface area contributed by atoms with Gasteiger partial charge >= 0.3 is 19.4 Å². The summed E-state index contributed by atoms with van der Waals surface area (Å²) in [6.45, 7) is 2.73. The maximum absolute atomic E-state index is 14.0. The summed E-state index contributed by atoms with van der Waals surface area (Å²) in [7, 11) is -4.32. The second-order valence-corrected chi connectivity index (χ2v) is 10.5. The van der Waals surface area contributed by atoms with Crippen LogP contribution in [0.2, 0.25) is 0 Å². The Labute approximate surface area is 211 Å². The number of nitrogens with two attached hydrogens (primary N) is 1. The molecule has 1 aromatic heterocycles. The third-order valence-electron chi connectivity index (χ3n) is 5.44. The van der Waals surface area contributed by atoms with Gasteiger partial charge in [0.05, 0.1) is 12.7 Å². The minimum absolute atomic E-state index is 0.144. The van der Waals surface area contributed by atoms with E-state index in [1.165, 1.54) is 19.1 Å². The highest BCUT2D eigenvalue weighted by atomic mass is 31.2. The highest BCUT2D eigenvalue weighted by Gasteiger charge is 2.56. The van der Waals surface area contributed by atoms with Crippen molar-refractivity contribution in [3.63, 3.8) is 0 Å². The van der Waals surface area contributed by atoms with Crippen LogP contribution < -0.4 is 26.6 Å². The van der Waals surface area contributed by atoms with Gasteiger partial charge < -0.3 is 24.8 Å². The fourth-order valence-electron chi connectivity index (χ4n) is 3.58. The number of carbonyl (C=O) groups excluding carboxylic acids is 1. The Morgan fingerprint density at radius 2 is 1.97 bits per heavy atom. The van der Waals surface area contributed by atoms with Crippen LogP contribution in [0.4, 0.5) is 4.39 Å². The van der Waals surface area contributed by atoms with Gasteiger partial charge in [-0.2, -0.15) is 5.09 Å². The van der Waals surface area contributed by atoms with E-state index in [0.29, 0.717) is 0 Å². The summed E-state index contributed by atoms with van der Waals surface area (Å²) in [5.74, 6) is -0.575. The molecule has 0 radical (unpaired) electrons. The van der Waals surface area contributed by atoms with Crippen LogP contribution >= 0.6 is 7.75 Å². The number of nitrogens with one attached hydrogen (secondary N) is 2. The second kappa shape index (κ2) is 11.7. The molecule has 204 valence electrons. The summed E-state index contributed by atoms with van der Waals surface area (Å²) in [5.41, 5.74) is 2.33. The molecular weight excluding hydrogens is 514 g/mol. The average Bonchev–Trinajstić information content (AvgIpc) is 3.08. The first kappa shape index (κ1) is 28.7. The molecule has 1 fully saturated rings. The lowest BCUT2D eigenvalue weighted by Gasteiger charge is -2.30. The van der Waals surface area contributed by atoms with Crippen molar-refractivity contribution in [3.05, 3.63) is 63.4 Å². The Balaban J connectivity index is 1.83. The van der Waals surface area contributed by atoms with Gasteiger partial charge in [-0.25, -0.2) is 13.8 Å². The SMILES string of the molecule is CC(C)OC(=O)[C@H](C)NP(=O)(OC[C@H]1O[C@@H](n2ccc(=O)[nH]c2=O)[C@@](N)(CF)C1O)Oc1ccccc1. The maximum Gasteiger partial charge on any atom is 0.459 e. The number of esters is 1. The first-order valence-corrected chi connectivity index (χ1v) is 12.9. The number of alkyl halides is 1. The van der Waals surface area contributed by atoms with Crippen molar-refractivity contribution >= 4 is 13.7 Å². The summed E-state index contributed by atoms with van der Waals surface area (Å²) in [6, 6.07) is 7.83. The molecule has 2 heterocycles. The topological polar surface area (TPSA) is 184 Å². The van der Waals surface area contributed by atoms with Crippen LogP contribution in [0.15, 0.2) is 52.2 Å². The normalized spacial score (nSPS) is 26.0. The summed E-state index contributed by atoms with van der Waals surface area (Å²) in [5, 5.41) is 13.2. The van der Waals surface area contributed by atoms with Crippen molar-refractivity contribution in [2.75, 3.05) is 13.3 Å². The molecule has 13 nitrogen and oxygen atoms in total. The van der Waals surface area contributed by atoms with Gasteiger partial charge in [0, 0.05) is 12.3 Å². The standard InChI is InChI=1S/C22H30FN4O9P/c1-13(2)34-19(30)14(3)26-37(32,36-15-7-5-4-6-8-15)33-11-16-18(29)22(24,12-23)20(35-16)27-10-9-17(28)25-21(27)31/h4-10,13-14,16,18,20,29H,11-12,24H2,1-3H3,(H,26,32)(H,25,28,31)/t14-,16+,18?,20+,22+,37?/m0/s1. The molecule has 2 aromatic rings. The zero-order chi connectivity index (χ0) is 27.4. The molecule has 6 atom stereocenters. The number of nitrogens with zero attached hydrogens (tertiary/aromatic N) is 1. The first-order valence-electron chi connectivity index (χ1n) is 11.4. The monoisotopic (exact) mass is 544 g/mol. The van der Waals surface area contributed by atoms with Crippen LogP contribution in [-0.4, -0.2) is 63.8 Å². The van der Waals surface area contributed by atoms with E-state index in [-0.39, 0.29) is 5.75 Å². The number of aliphatic hydroxyl groups excluding tert-OH is 1. The van der Waals surface area contributed by atoms with E-state index in [1.807, 2.05) is 4.98 Å². The Bertz CT molecular complexity index is 1240. The van der Waals surface area contributed by atoms with E-state index in [4.69, 9.17) is 24.3 Å². The van der Waals surface area contributed by atoms with E-state index >= 15 is 0 Å². The summed E-state index contributed by atoms with van der Waals surface area (Å²) in [4.78, 5) is 37.9. The lowest BCUT2D eigenvalue weighted by Crippen LogP contribution is -2.57. The Kier molecular flexibility index (Phi) is 9.05. The number of benzene rings is 1. The Hall–Kier alpha value is -2.87. The molecule has 0 bridgehead atoms. The van der Waals surface area contributed by atoms with E-state index in [2.05, 4.69) is 5.09 Å². The summed E-state index contributed by atoms with van der Waals surface area (Å²) >= 11 is 0. The number of aromatic amines is 1. The molecule has 1 aliphatic heterocycles. The minimum Gasteiger partial charge on any atom is -0.462 e. The molecule has 0 saturated carbocycles. The van der Waals surface area contributed by atoms with Crippen LogP contribution in [0, 0.1) is 0 Å². The summed E-state index contributed by atoms with van der Waals surface area (Å²) in [6.07, 6.45) is -4.02. The van der Waals surface area contributed by atoms with Gasteiger partial charge in [-0.05, 0) is 32.9 Å². The van der Waals surface area contributed by atoms with Crippen molar-refractivity contribution in [1.29, 1.82) is 0 Å². The van der Waals surface area contributed by atoms with Crippen LogP contribution in [0.3, 0.4) is 0 Å². The molecule has 1 aliphatic rings. The molecular formula is C22H30FN4O9P. The minimum atomic E-state index is -4.32. The number of para-hydroxylation sites is 1. The molecule has 0 aliphatic carbocycles. The van der Waals surface area contributed by atoms with Gasteiger partial charge in [0.15, 0.2) is 6.23 Å². The van der Waals surface area contributed by atoms with Crippen molar-refractivity contribution < 1.29 is 37.4 Å². The van der Waals surface area contributed by atoms with Crippen LogP contribution in [0.5, 0.6) is 5.75 Å². The third-order valence-corrected chi connectivity index (χ3v) is 7.08. The van der Waals surface area contributed by atoms with Crippen molar-refractivity contribution in [2.24, 2.45) is 5.73 Å². The highest BCUT2D eigenvalue weighted by molar-refractivity contribution is 7.52. The molecule has 1 saturated heterocycles. The second-order valence-electron chi connectivity index (χ2n) is 8.77. The summed E-state index contributed by atoms with van der Waals surface area (Å²) < 4.78 is 50.3. The predicted octanol–water partition coefficient (Wildman–Crippen LogP) is 0.595. The van der Waals surface area contributed by atoms with E-state index < -0.39 is 74.4 Å². The quantitative estimate of drug-likeness (QED) is 0.229. The van der Waals surface area contributed by atoms with Crippen LogP contribution in [0.1, 0.15) is 27.0 Å². The van der Waals surface area contributed by atoms with Crippen molar-refractivity contribution in [2.45, 2.75) is 56.9 Å². The number of aliphatic hydroxyl groups is 1. The van der Waals surface area contributed by atoms with Crippen molar-refractivity contribution in [1.82, 2.24) is 14.6 Å². The van der Waals surface area contributed by atoms with Gasteiger partial charge in [0.25, 0.3) is 5.56 Å². The third kappa shape index (κ3) is 6.72. The lowest BCUT2D eigenvalue weighted by atomic mass is 9.92. The smallest absolute Gasteiger partial charge is 0.459 e. The number of rotatable bonds is 11. The van der Waals surface area contributed by atoms with Gasteiger partial charge in [0.1, 0.15) is 36.2 Å². The molecule has 5 N–H and O–H groups in total. The van der Waals surface area contributed by atoms with E-state index in [0.717, 1.165) is 16.8 Å².